The minimum absolute atomic E-state index is 0.0615. The lowest BCUT2D eigenvalue weighted by atomic mass is 10.1. The summed E-state index contributed by atoms with van der Waals surface area (Å²) in [5, 5.41) is 13.0. The third-order valence-electron chi connectivity index (χ3n) is 4.74. The van der Waals surface area contributed by atoms with E-state index in [1.807, 2.05) is 25.1 Å². The Morgan fingerprint density at radius 3 is 2.47 bits per heavy atom. The van der Waals surface area contributed by atoms with Crippen LogP contribution in [0.2, 0.25) is 5.02 Å². The maximum Gasteiger partial charge on any atom is 0.266 e. The molecule has 0 aliphatic carbocycles. The number of hydrogen-bond acceptors (Lipinski definition) is 5. The first-order valence-corrected chi connectivity index (χ1v) is 12.3. The van der Waals surface area contributed by atoms with Crippen molar-refractivity contribution in [3.63, 3.8) is 0 Å². The smallest absolute Gasteiger partial charge is 0.266 e. The lowest BCUT2D eigenvalue weighted by Crippen LogP contribution is -2.13. The van der Waals surface area contributed by atoms with Crippen LogP contribution in [0.4, 0.5) is 5.69 Å². The number of hydrogen-bond donors (Lipinski definition) is 1. The summed E-state index contributed by atoms with van der Waals surface area (Å²) in [5.41, 5.74) is 2.07. The number of nitrogens with zero attached hydrogens (tertiary/aromatic N) is 1. The van der Waals surface area contributed by atoms with Gasteiger partial charge in [-0.1, -0.05) is 29.7 Å². The molecule has 0 saturated carbocycles. The first-order chi connectivity index (χ1) is 17.4. The highest BCUT2D eigenvalue weighted by atomic mass is 127. The predicted molar refractivity (Wildman–Crippen MR) is 149 cm³/mol. The molecule has 3 aromatic carbocycles. The lowest BCUT2D eigenvalue weighted by Gasteiger charge is -2.13. The Bertz CT molecular complexity index is 1320. The van der Waals surface area contributed by atoms with E-state index >= 15 is 0 Å². The maximum atomic E-state index is 12.8. The number of nitriles is 1. The molecule has 6 nitrogen and oxygen atoms in total. The fraction of sp³-hybridized carbons (Fsp3) is 0.143. The number of amides is 1. The van der Waals surface area contributed by atoms with Crippen molar-refractivity contribution in [3.8, 4) is 35.7 Å². The number of halogens is 2. The van der Waals surface area contributed by atoms with E-state index in [2.05, 4.69) is 33.8 Å². The van der Waals surface area contributed by atoms with Crippen molar-refractivity contribution in [1.82, 2.24) is 0 Å². The Morgan fingerprint density at radius 1 is 1.11 bits per heavy atom. The molecular formula is C28H22ClIN2O4. The van der Waals surface area contributed by atoms with Gasteiger partial charge in [-0.05, 0) is 95.2 Å². The Balaban J connectivity index is 1.69. The summed E-state index contributed by atoms with van der Waals surface area (Å²) in [5.74, 6) is 3.54. The zero-order valence-electron chi connectivity index (χ0n) is 19.4. The molecule has 0 aliphatic heterocycles. The van der Waals surface area contributed by atoms with Crippen molar-refractivity contribution < 1.29 is 19.0 Å². The SMILES string of the molecule is C#CCOc1c(I)cc(/C=C(\C#N)C(=O)Nc2ccc(OCc3ccc(Cl)cc3)cc2)cc1OCC. The third-order valence-corrected chi connectivity index (χ3v) is 5.79. The zero-order chi connectivity index (χ0) is 25.9. The number of carbonyl (C=O) groups is 1. The summed E-state index contributed by atoms with van der Waals surface area (Å²) in [6.07, 6.45) is 6.79. The van der Waals surface area contributed by atoms with E-state index in [0.717, 1.165) is 9.13 Å². The number of nitrogens with one attached hydrogen (secondary N) is 1. The summed E-state index contributed by atoms with van der Waals surface area (Å²) in [6.45, 7) is 2.75. The van der Waals surface area contributed by atoms with Crippen LogP contribution in [-0.2, 0) is 11.4 Å². The van der Waals surface area contributed by atoms with Gasteiger partial charge >= 0.3 is 0 Å². The fourth-order valence-electron chi connectivity index (χ4n) is 3.08. The monoisotopic (exact) mass is 612 g/mol. The van der Waals surface area contributed by atoms with E-state index in [1.54, 1.807) is 48.5 Å². The number of terminal acetylenes is 1. The second-order valence-corrected chi connectivity index (χ2v) is 8.92. The molecule has 0 radical (unpaired) electrons. The highest BCUT2D eigenvalue weighted by Gasteiger charge is 2.14. The van der Waals surface area contributed by atoms with E-state index in [0.29, 0.717) is 46.7 Å². The molecule has 8 heteroatoms. The van der Waals surface area contributed by atoms with Crippen LogP contribution in [0.1, 0.15) is 18.1 Å². The first-order valence-electron chi connectivity index (χ1n) is 10.9. The van der Waals surface area contributed by atoms with Crippen LogP contribution in [-0.4, -0.2) is 19.1 Å². The minimum Gasteiger partial charge on any atom is -0.490 e. The fourth-order valence-corrected chi connectivity index (χ4v) is 3.99. The van der Waals surface area contributed by atoms with Crippen molar-refractivity contribution in [2.45, 2.75) is 13.5 Å². The van der Waals surface area contributed by atoms with Gasteiger partial charge in [0.1, 0.15) is 30.6 Å². The van der Waals surface area contributed by atoms with Crippen LogP contribution in [0.25, 0.3) is 6.08 Å². The van der Waals surface area contributed by atoms with Gasteiger partial charge in [-0.25, -0.2) is 0 Å². The van der Waals surface area contributed by atoms with Gasteiger partial charge in [0.15, 0.2) is 11.5 Å². The van der Waals surface area contributed by atoms with Crippen LogP contribution < -0.4 is 19.5 Å². The molecule has 0 aliphatic rings. The van der Waals surface area contributed by atoms with E-state index in [4.69, 9.17) is 32.2 Å². The molecule has 0 bridgehead atoms. The normalized spacial score (nSPS) is 10.6. The topological polar surface area (TPSA) is 80.6 Å². The number of anilines is 1. The van der Waals surface area contributed by atoms with Crippen molar-refractivity contribution in [2.24, 2.45) is 0 Å². The Labute approximate surface area is 229 Å². The van der Waals surface area contributed by atoms with Gasteiger partial charge in [0.25, 0.3) is 5.91 Å². The highest BCUT2D eigenvalue weighted by molar-refractivity contribution is 14.1. The first kappa shape index (κ1) is 26.9. The van der Waals surface area contributed by atoms with Crippen LogP contribution in [0, 0.1) is 27.2 Å². The van der Waals surface area contributed by atoms with Crippen molar-refractivity contribution in [3.05, 3.63) is 86.0 Å². The Kier molecular flexibility index (Phi) is 10.1. The molecule has 1 N–H and O–H groups in total. The standard InChI is InChI=1S/C28H22ClIN2O4/c1-3-13-35-27-25(30)15-20(16-26(27)34-4-2)14-21(17-31)28(33)32-23-9-11-24(12-10-23)36-18-19-5-7-22(29)8-6-19/h1,5-12,14-16H,4,13,18H2,2H3,(H,32,33)/b21-14+. The van der Waals surface area contributed by atoms with Crippen LogP contribution in [0.5, 0.6) is 17.2 Å². The molecule has 182 valence electrons. The van der Waals surface area contributed by atoms with Gasteiger partial charge in [-0.2, -0.15) is 5.26 Å². The van der Waals surface area contributed by atoms with E-state index in [9.17, 15) is 10.1 Å². The molecule has 0 fully saturated rings. The summed E-state index contributed by atoms with van der Waals surface area (Å²) < 4.78 is 17.8. The van der Waals surface area contributed by atoms with Gasteiger partial charge in [-0.15, -0.1) is 6.42 Å². The van der Waals surface area contributed by atoms with E-state index < -0.39 is 5.91 Å². The number of ether oxygens (including phenoxy) is 3. The minimum atomic E-state index is -0.534. The third kappa shape index (κ3) is 7.67. The van der Waals surface area contributed by atoms with Crippen molar-refractivity contribution in [1.29, 1.82) is 5.26 Å². The van der Waals surface area contributed by atoms with E-state index in [-0.39, 0.29) is 12.2 Å². The zero-order valence-corrected chi connectivity index (χ0v) is 22.3. The average molecular weight is 613 g/mol. The maximum absolute atomic E-state index is 12.8. The summed E-state index contributed by atoms with van der Waals surface area (Å²) in [7, 11) is 0. The lowest BCUT2D eigenvalue weighted by molar-refractivity contribution is -0.112. The van der Waals surface area contributed by atoms with Crippen LogP contribution >= 0.6 is 34.2 Å². The van der Waals surface area contributed by atoms with Crippen LogP contribution in [0.15, 0.2) is 66.2 Å². The average Bonchev–Trinajstić information content (AvgIpc) is 2.87. The predicted octanol–water partition coefficient (Wildman–Crippen LogP) is 6.48. The molecule has 36 heavy (non-hydrogen) atoms. The van der Waals surface area contributed by atoms with Crippen molar-refractivity contribution in [2.75, 3.05) is 18.5 Å². The Morgan fingerprint density at radius 2 is 1.83 bits per heavy atom. The van der Waals surface area contributed by atoms with Gasteiger partial charge in [0, 0.05) is 10.7 Å². The van der Waals surface area contributed by atoms with Crippen molar-refractivity contribution >= 4 is 51.9 Å². The molecule has 0 saturated heterocycles. The molecule has 0 unspecified atom stereocenters. The number of carbonyl (C=O) groups excluding carboxylic acids is 1. The van der Waals surface area contributed by atoms with Gasteiger partial charge in [0.2, 0.25) is 0 Å². The largest absolute Gasteiger partial charge is 0.490 e. The molecule has 3 rings (SSSR count). The van der Waals surface area contributed by atoms with Gasteiger partial charge in [-0.3, -0.25) is 4.79 Å². The van der Waals surface area contributed by atoms with Crippen LogP contribution in [0.3, 0.4) is 0 Å². The number of benzene rings is 3. The summed E-state index contributed by atoms with van der Waals surface area (Å²) >= 11 is 8.00. The molecule has 3 aromatic rings. The molecule has 0 heterocycles. The molecule has 1 amide bonds. The Hall–Kier alpha value is -3.66. The quantitative estimate of drug-likeness (QED) is 0.123. The summed E-state index contributed by atoms with van der Waals surface area (Å²) in [4.78, 5) is 12.8. The second-order valence-electron chi connectivity index (χ2n) is 7.32. The van der Waals surface area contributed by atoms with E-state index in [1.165, 1.54) is 6.08 Å². The molecule has 0 atom stereocenters. The van der Waals surface area contributed by atoms with Gasteiger partial charge in [0.05, 0.1) is 10.2 Å². The second kappa shape index (κ2) is 13.4. The van der Waals surface area contributed by atoms with Gasteiger partial charge < -0.3 is 19.5 Å². The molecule has 0 spiro atoms. The molecular weight excluding hydrogens is 591 g/mol. The molecule has 0 aromatic heterocycles. The summed E-state index contributed by atoms with van der Waals surface area (Å²) in [6, 6.07) is 19.7. The highest BCUT2D eigenvalue weighted by Crippen LogP contribution is 2.35. The number of rotatable bonds is 10.